The van der Waals surface area contributed by atoms with Gasteiger partial charge in [-0.3, -0.25) is 14.2 Å². The molecule has 0 saturated carbocycles. The molecule has 0 saturated heterocycles. The third-order valence-corrected chi connectivity index (χ3v) is 6.25. The van der Waals surface area contributed by atoms with Crippen LogP contribution in [0.1, 0.15) is 29.3 Å². The largest absolute Gasteiger partial charge is 0.451 e. The van der Waals surface area contributed by atoms with Crippen LogP contribution in [0.15, 0.2) is 47.4 Å². The Balaban J connectivity index is 1.76. The van der Waals surface area contributed by atoms with Crippen molar-refractivity contribution in [3.63, 3.8) is 0 Å². The van der Waals surface area contributed by atoms with E-state index >= 15 is 0 Å². The second-order valence-electron chi connectivity index (χ2n) is 8.73. The van der Waals surface area contributed by atoms with Gasteiger partial charge in [-0.1, -0.05) is 23.2 Å². The van der Waals surface area contributed by atoms with E-state index in [1.807, 2.05) is 0 Å². The number of primary amides is 1. The molecule has 4 aromatic rings. The van der Waals surface area contributed by atoms with E-state index in [1.165, 1.54) is 36.5 Å². The van der Waals surface area contributed by atoms with Gasteiger partial charge in [0.25, 0.3) is 5.91 Å². The molecule has 3 aromatic heterocycles. The molecule has 1 aromatic carbocycles. The van der Waals surface area contributed by atoms with E-state index in [2.05, 4.69) is 24.9 Å². The highest BCUT2D eigenvalue weighted by atomic mass is 35.5. The van der Waals surface area contributed by atoms with E-state index in [9.17, 15) is 27.6 Å². The molecule has 0 unspecified atom stereocenters. The van der Waals surface area contributed by atoms with Crippen LogP contribution in [0.25, 0.3) is 17.2 Å². The topological polar surface area (TPSA) is 179 Å². The van der Waals surface area contributed by atoms with Crippen molar-refractivity contribution in [2.75, 3.05) is 6.54 Å². The number of carbonyl (C=O) groups excluding carboxylic acids is 2. The van der Waals surface area contributed by atoms with Crippen LogP contribution >= 0.6 is 23.2 Å². The van der Waals surface area contributed by atoms with Gasteiger partial charge >= 0.3 is 17.8 Å². The number of halogens is 5. The standard InChI is InChI=1S/C24H22Cl2F3N9O4/c25-14-7-5-13(6-8-14)20-35-37(23(41)36(20)11-16(24(27,28)29)42-18(39)4-1-9-30)12-17-33-22(19(31)40)38(34-17)21-15(26)3-2-10-32-21/h2-3,5-8,10,16H,1,4,9,11-12,30H2,(H2,31,40)/t16-/m0/s1. The first-order chi connectivity index (χ1) is 19.9. The smallest absolute Gasteiger partial charge is 0.427 e. The Morgan fingerprint density at radius 2 is 1.81 bits per heavy atom. The lowest BCUT2D eigenvalue weighted by molar-refractivity contribution is -0.224. The van der Waals surface area contributed by atoms with Crippen LogP contribution in [0.2, 0.25) is 10.0 Å². The predicted molar refractivity (Wildman–Crippen MR) is 143 cm³/mol. The molecule has 42 heavy (non-hydrogen) atoms. The summed E-state index contributed by atoms with van der Waals surface area (Å²) in [6, 6.07) is 8.84. The number of ether oxygens (including phenoxy) is 1. The van der Waals surface area contributed by atoms with Gasteiger partial charge in [-0.05, 0) is 49.4 Å². The lowest BCUT2D eigenvalue weighted by Crippen LogP contribution is -2.40. The van der Waals surface area contributed by atoms with Crippen molar-refractivity contribution < 1.29 is 27.5 Å². The normalized spacial score (nSPS) is 12.3. The maximum absolute atomic E-state index is 13.9. The summed E-state index contributed by atoms with van der Waals surface area (Å²) in [5, 5.41) is 8.80. The number of aromatic nitrogens is 7. The monoisotopic (exact) mass is 627 g/mol. The molecule has 18 heteroatoms. The van der Waals surface area contributed by atoms with Gasteiger partial charge in [-0.15, -0.1) is 10.2 Å². The van der Waals surface area contributed by atoms with E-state index in [0.29, 0.717) is 9.59 Å². The van der Waals surface area contributed by atoms with Crippen LogP contribution in [0.3, 0.4) is 0 Å². The van der Waals surface area contributed by atoms with Crippen molar-refractivity contribution in [2.45, 2.75) is 38.2 Å². The number of esters is 1. The first kappa shape index (κ1) is 30.7. The first-order valence-corrected chi connectivity index (χ1v) is 12.9. The molecule has 222 valence electrons. The number of carbonyl (C=O) groups is 2. The molecule has 0 aliphatic heterocycles. The van der Waals surface area contributed by atoms with Crippen molar-refractivity contribution in [3.8, 4) is 17.2 Å². The molecule has 0 radical (unpaired) electrons. The average Bonchev–Trinajstić information content (AvgIpc) is 3.49. The highest BCUT2D eigenvalue weighted by molar-refractivity contribution is 6.32. The lowest BCUT2D eigenvalue weighted by atomic mass is 10.2. The van der Waals surface area contributed by atoms with Crippen LogP contribution in [0.4, 0.5) is 13.2 Å². The van der Waals surface area contributed by atoms with E-state index in [0.717, 1.165) is 9.36 Å². The Morgan fingerprint density at radius 1 is 1.10 bits per heavy atom. The molecule has 0 bridgehead atoms. The number of pyridine rings is 1. The van der Waals surface area contributed by atoms with E-state index < -0.39 is 42.9 Å². The van der Waals surface area contributed by atoms with Gasteiger partial charge in [0.1, 0.15) is 6.54 Å². The van der Waals surface area contributed by atoms with Gasteiger partial charge < -0.3 is 16.2 Å². The zero-order valence-electron chi connectivity index (χ0n) is 21.5. The highest BCUT2D eigenvalue weighted by Crippen LogP contribution is 2.27. The van der Waals surface area contributed by atoms with E-state index in [-0.39, 0.29) is 53.3 Å². The Kier molecular flexibility index (Phi) is 9.28. The summed E-state index contributed by atoms with van der Waals surface area (Å²) in [4.78, 5) is 45.6. The summed E-state index contributed by atoms with van der Waals surface area (Å²) in [5.74, 6) is -2.79. The molecule has 3 heterocycles. The predicted octanol–water partition coefficient (Wildman–Crippen LogP) is 2.35. The molecule has 0 spiro atoms. The number of nitrogens with two attached hydrogens (primary N) is 2. The minimum atomic E-state index is -5.02. The fourth-order valence-electron chi connectivity index (χ4n) is 3.75. The van der Waals surface area contributed by atoms with Gasteiger partial charge in [0.2, 0.25) is 11.9 Å². The molecule has 1 atom stereocenters. The summed E-state index contributed by atoms with van der Waals surface area (Å²) in [6.45, 7) is -1.52. The average molecular weight is 628 g/mol. The Bertz CT molecular complexity index is 1650. The highest BCUT2D eigenvalue weighted by Gasteiger charge is 2.44. The lowest BCUT2D eigenvalue weighted by Gasteiger charge is -2.21. The fourth-order valence-corrected chi connectivity index (χ4v) is 4.08. The summed E-state index contributed by atoms with van der Waals surface area (Å²) in [5.41, 5.74) is 9.98. The third-order valence-electron chi connectivity index (χ3n) is 5.70. The minimum Gasteiger partial charge on any atom is -0.451 e. The van der Waals surface area contributed by atoms with Crippen molar-refractivity contribution >= 4 is 35.1 Å². The molecule has 4 rings (SSSR count). The molecule has 4 N–H and O–H groups in total. The maximum atomic E-state index is 13.9. The Labute approximate surface area is 244 Å². The van der Waals surface area contributed by atoms with Gasteiger partial charge in [0.05, 0.1) is 11.6 Å². The molecule has 0 aliphatic carbocycles. The Morgan fingerprint density at radius 3 is 2.43 bits per heavy atom. The zero-order chi connectivity index (χ0) is 30.6. The van der Waals surface area contributed by atoms with Crippen molar-refractivity contribution in [3.05, 3.63) is 74.8 Å². The number of nitrogens with zero attached hydrogens (tertiary/aromatic N) is 7. The fraction of sp³-hybridized carbons (Fsp3) is 0.292. The second-order valence-corrected chi connectivity index (χ2v) is 9.57. The number of rotatable bonds is 11. The quantitative estimate of drug-likeness (QED) is 0.236. The summed E-state index contributed by atoms with van der Waals surface area (Å²) < 4.78 is 49.0. The first-order valence-electron chi connectivity index (χ1n) is 12.2. The minimum absolute atomic E-state index is 0.0240. The summed E-state index contributed by atoms with van der Waals surface area (Å²) >= 11 is 12.1. The molecular formula is C24H22Cl2F3N9O4. The zero-order valence-corrected chi connectivity index (χ0v) is 23.0. The third kappa shape index (κ3) is 6.95. The van der Waals surface area contributed by atoms with Crippen LogP contribution in [0, 0.1) is 0 Å². The van der Waals surface area contributed by atoms with E-state index in [1.54, 1.807) is 6.07 Å². The van der Waals surface area contributed by atoms with Gasteiger partial charge in [-0.2, -0.15) is 17.9 Å². The van der Waals surface area contributed by atoms with Crippen LogP contribution in [0.5, 0.6) is 0 Å². The summed E-state index contributed by atoms with van der Waals surface area (Å²) in [6.07, 6.45) is -6.52. The van der Waals surface area contributed by atoms with Crippen LogP contribution < -0.4 is 17.2 Å². The summed E-state index contributed by atoms with van der Waals surface area (Å²) in [7, 11) is 0. The van der Waals surface area contributed by atoms with Crippen molar-refractivity contribution in [1.82, 2.24) is 34.1 Å². The van der Waals surface area contributed by atoms with Crippen LogP contribution in [-0.2, 0) is 22.6 Å². The number of hydrogen-bond acceptors (Lipinski definition) is 9. The molecule has 1 amide bonds. The molecule has 0 aliphatic rings. The van der Waals surface area contributed by atoms with Gasteiger partial charge in [0.15, 0.2) is 17.5 Å². The molecule has 13 nitrogen and oxygen atoms in total. The number of hydrogen-bond donors (Lipinski definition) is 2. The van der Waals surface area contributed by atoms with Gasteiger partial charge in [0, 0.05) is 23.2 Å². The maximum Gasteiger partial charge on any atom is 0.427 e. The Hall–Kier alpha value is -4.28. The van der Waals surface area contributed by atoms with Gasteiger partial charge in [-0.25, -0.2) is 19.4 Å². The van der Waals surface area contributed by atoms with E-state index in [4.69, 9.17) is 34.7 Å². The SMILES string of the molecule is NCCCC(=O)O[C@@H](Cn1c(-c2ccc(Cl)cc2)nn(Cc2nc(C(N)=O)n(-c3ncccc3Cl)n2)c1=O)C(F)(F)F. The molecule has 0 fully saturated rings. The second kappa shape index (κ2) is 12.7. The van der Waals surface area contributed by atoms with Crippen molar-refractivity contribution in [1.29, 1.82) is 0 Å². The number of amides is 1. The number of benzene rings is 1. The van der Waals surface area contributed by atoms with Crippen LogP contribution in [-0.4, -0.2) is 64.8 Å². The van der Waals surface area contributed by atoms with Crippen molar-refractivity contribution in [2.24, 2.45) is 11.5 Å². The number of alkyl halides is 3. The molecular weight excluding hydrogens is 606 g/mol.